The molecule has 7 heteroatoms. The number of benzene rings is 1. The summed E-state index contributed by atoms with van der Waals surface area (Å²) in [6, 6.07) is 5.84. The van der Waals surface area contributed by atoms with Crippen molar-refractivity contribution < 1.29 is 9.84 Å². The van der Waals surface area contributed by atoms with E-state index in [2.05, 4.69) is 15.3 Å². The van der Waals surface area contributed by atoms with E-state index in [0.717, 1.165) is 27.8 Å². The van der Waals surface area contributed by atoms with Crippen LogP contribution in [0.1, 0.15) is 17.5 Å². The number of aliphatic hydroxyl groups is 1. The van der Waals surface area contributed by atoms with Crippen LogP contribution in [0.5, 0.6) is 5.88 Å². The second-order valence-corrected chi connectivity index (χ2v) is 6.27. The zero-order valence-electron chi connectivity index (χ0n) is 14.5. The second-order valence-electron chi connectivity index (χ2n) is 5.89. The van der Waals surface area contributed by atoms with Crippen LogP contribution in [0.25, 0.3) is 11.0 Å². The fourth-order valence-electron chi connectivity index (χ4n) is 2.70. The first-order valence-electron chi connectivity index (χ1n) is 8.09. The summed E-state index contributed by atoms with van der Waals surface area (Å²) in [7, 11) is 1.59. The third-order valence-corrected chi connectivity index (χ3v) is 4.61. The Labute approximate surface area is 151 Å². The maximum atomic E-state index is 9.21. The Hall–Kier alpha value is -2.31. The third kappa shape index (κ3) is 3.41. The molecule has 0 aliphatic heterocycles. The van der Waals surface area contributed by atoms with E-state index in [1.165, 1.54) is 0 Å². The van der Waals surface area contributed by atoms with Crippen LogP contribution in [0, 0.1) is 13.8 Å². The molecule has 0 unspecified atom stereocenters. The van der Waals surface area contributed by atoms with Gasteiger partial charge in [0.1, 0.15) is 5.52 Å². The Kier molecular flexibility index (Phi) is 5.11. The number of imidazole rings is 1. The van der Waals surface area contributed by atoms with E-state index in [1.54, 1.807) is 13.3 Å². The number of nitrogens with zero attached hydrogens (tertiary/aromatic N) is 3. The van der Waals surface area contributed by atoms with Gasteiger partial charge in [0.15, 0.2) is 0 Å². The molecule has 6 nitrogen and oxygen atoms in total. The number of aromatic nitrogens is 3. The molecule has 25 heavy (non-hydrogen) atoms. The summed E-state index contributed by atoms with van der Waals surface area (Å²) in [6.07, 6.45) is 2.35. The molecule has 3 rings (SSSR count). The number of hydrogen-bond donors (Lipinski definition) is 2. The molecule has 1 aromatic carbocycles. The molecule has 2 aromatic heterocycles. The van der Waals surface area contributed by atoms with Crippen LogP contribution in [0.2, 0.25) is 5.02 Å². The highest BCUT2D eigenvalue weighted by molar-refractivity contribution is 6.35. The van der Waals surface area contributed by atoms with E-state index in [9.17, 15) is 5.11 Å². The van der Waals surface area contributed by atoms with Crippen molar-refractivity contribution in [3.05, 3.63) is 40.5 Å². The Bertz CT molecular complexity index is 908. The molecule has 2 N–H and O–H groups in total. The number of aliphatic hydroxyl groups excluding tert-OH is 1. The number of ether oxygens (including phenoxy) is 1. The minimum atomic E-state index is 0.113. The lowest BCUT2D eigenvalue weighted by Gasteiger charge is -2.12. The first-order valence-corrected chi connectivity index (χ1v) is 8.46. The smallest absolute Gasteiger partial charge is 0.213 e. The summed E-state index contributed by atoms with van der Waals surface area (Å²) in [5.74, 6) is 1.24. The molecule has 0 amide bonds. The fourth-order valence-corrected chi connectivity index (χ4v) is 2.91. The number of anilines is 2. The standard InChI is InChI=1S/C18H21ClN4O2/c1-11-5-6-14-17(16(11)19)22-18(23(14)7-4-8-24)21-13-10-20-15(25-3)9-12(13)2/h5-6,9-10,24H,4,7-8H2,1-3H3,(H,21,22). The van der Waals surface area contributed by atoms with Crippen LogP contribution >= 0.6 is 11.6 Å². The molecule has 0 spiro atoms. The minimum absolute atomic E-state index is 0.113. The lowest BCUT2D eigenvalue weighted by molar-refractivity contribution is 0.281. The van der Waals surface area contributed by atoms with Crippen LogP contribution in [0.15, 0.2) is 24.4 Å². The van der Waals surface area contributed by atoms with E-state index in [4.69, 9.17) is 16.3 Å². The Morgan fingerprint density at radius 3 is 2.76 bits per heavy atom. The van der Waals surface area contributed by atoms with Gasteiger partial charge in [-0.2, -0.15) is 0 Å². The van der Waals surface area contributed by atoms with E-state index >= 15 is 0 Å². The zero-order chi connectivity index (χ0) is 18.0. The van der Waals surface area contributed by atoms with Gasteiger partial charge < -0.3 is 19.7 Å². The Balaban J connectivity index is 2.06. The molecular formula is C18H21ClN4O2. The average molecular weight is 361 g/mol. The van der Waals surface area contributed by atoms with Gasteiger partial charge in [-0.15, -0.1) is 0 Å². The van der Waals surface area contributed by atoms with Gasteiger partial charge in [-0.3, -0.25) is 0 Å². The maximum Gasteiger partial charge on any atom is 0.213 e. The molecule has 0 bridgehead atoms. The first-order chi connectivity index (χ1) is 12.0. The summed E-state index contributed by atoms with van der Waals surface area (Å²) in [6.45, 7) is 4.68. The van der Waals surface area contributed by atoms with Crippen LogP contribution in [-0.4, -0.2) is 33.4 Å². The maximum absolute atomic E-state index is 9.21. The number of aryl methyl sites for hydroxylation is 3. The molecule has 0 aliphatic rings. The number of rotatable bonds is 6. The number of pyridine rings is 1. The predicted molar refractivity (Wildman–Crippen MR) is 100.0 cm³/mol. The van der Waals surface area contributed by atoms with Gasteiger partial charge in [-0.1, -0.05) is 17.7 Å². The summed E-state index contributed by atoms with van der Waals surface area (Å²) in [5.41, 5.74) is 4.51. The van der Waals surface area contributed by atoms with Crippen LogP contribution in [0.3, 0.4) is 0 Å². The molecule has 0 saturated carbocycles. The summed E-state index contributed by atoms with van der Waals surface area (Å²) < 4.78 is 7.18. The third-order valence-electron chi connectivity index (χ3n) is 4.13. The van der Waals surface area contributed by atoms with Crippen LogP contribution in [-0.2, 0) is 6.54 Å². The lowest BCUT2D eigenvalue weighted by atomic mass is 10.2. The van der Waals surface area contributed by atoms with Crippen molar-refractivity contribution in [1.82, 2.24) is 14.5 Å². The topological polar surface area (TPSA) is 72.2 Å². The van der Waals surface area contributed by atoms with Crippen molar-refractivity contribution in [2.24, 2.45) is 0 Å². The van der Waals surface area contributed by atoms with Crippen molar-refractivity contribution in [2.45, 2.75) is 26.8 Å². The molecule has 0 saturated heterocycles. The van der Waals surface area contributed by atoms with Gasteiger partial charge in [0.25, 0.3) is 0 Å². The molecule has 0 atom stereocenters. The normalized spacial score (nSPS) is 11.1. The Morgan fingerprint density at radius 1 is 1.28 bits per heavy atom. The Morgan fingerprint density at radius 2 is 2.08 bits per heavy atom. The van der Waals surface area contributed by atoms with Gasteiger partial charge >= 0.3 is 0 Å². The summed E-state index contributed by atoms with van der Waals surface area (Å²) in [5, 5.41) is 13.2. The largest absolute Gasteiger partial charge is 0.481 e. The van der Waals surface area contributed by atoms with Gasteiger partial charge in [0, 0.05) is 19.2 Å². The van der Waals surface area contributed by atoms with Crippen molar-refractivity contribution in [1.29, 1.82) is 0 Å². The van der Waals surface area contributed by atoms with E-state index in [0.29, 0.717) is 29.8 Å². The molecule has 0 aliphatic carbocycles. The summed E-state index contributed by atoms with van der Waals surface area (Å²) >= 11 is 6.44. The van der Waals surface area contributed by atoms with Gasteiger partial charge in [0.2, 0.25) is 11.8 Å². The highest BCUT2D eigenvalue weighted by Crippen LogP contribution is 2.31. The molecule has 0 fully saturated rings. The van der Waals surface area contributed by atoms with Crippen molar-refractivity contribution in [2.75, 3.05) is 19.0 Å². The van der Waals surface area contributed by atoms with Gasteiger partial charge in [0.05, 0.1) is 29.5 Å². The quantitative estimate of drug-likeness (QED) is 0.698. The fraction of sp³-hybridized carbons (Fsp3) is 0.333. The lowest BCUT2D eigenvalue weighted by Crippen LogP contribution is -2.06. The minimum Gasteiger partial charge on any atom is -0.481 e. The van der Waals surface area contributed by atoms with Crippen LogP contribution in [0.4, 0.5) is 11.6 Å². The summed E-state index contributed by atoms with van der Waals surface area (Å²) in [4.78, 5) is 8.93. The molecule has 3 aromatic rings. The van der Waals surface area contributed by atoms with Gasteiger partial charge in [-0.25, -0.2) is 9.97 Å². The SMILES string of the molecule is COc1cc(C)c(Nc2nc3c(Cl)c(C)ccc3n2CCCO)cn1. The van der Waals surface area contributed by atoms with E-state index in [1.807, 2.05) is 36.6 Å². The molecular weight excluding hydrogens is 340 g/mol. The molecule has 132 valence electrons. The van der Waals surface area contributed by atoms with Crippen molar-refractivity contribution >= 4 is 34.3 Å². The molecule has 0 radical (unpaired) electrons. The van der Waals surface area contributed by atoms with Crippen LogP contribution < -0.4 is 10.1 Å². The number of nitrogens with one attached hydrogen (secondary N) is 1. The molecule has 2 heterocycles. The highest BCUT2D eigenvalue weighted by atomic mass is 35.5. The first kappa shape index (κ1) is 17.5. The predicted octanol–water partition coefficient (Wildman–Crippen LogP) is 3.84. The van der Waals surface area contributed by atoms with E-state index < -0.39 is 0 Å². The van der Waals surface area contributed by atoms with Crippen molar-refractivity contribution in [3.8, 4) is 5.88 Å². The monoisotopic (exact) mass is 360 g/mol. The van der Waals surface area contributed by atoms with Gasteiger partial charge in [-0.05, 0) is 37.5 Å². The van der Waals surface area contributed by atoms with Crippen molar-refractivity contribution in [3.63, 3.8) is 0 Å². The second kappa shape index (κ2) is 7.29. The average Bonchev–Trinajstić information content (AvgIpc) is 2.96. The number of fused-ring (bicyclic) bond motifs is 1. The number of methoxy groups -OCH3 is 1. The number of halogens is 1. The van der Waals surface area contributed by atoms with E-state index in [-0.39, 0.29) is 6.61 Å². The zero-order valence-corrected chi connectivity index (χ0v) is 15.3. The number of hydrogen-bond acceptors (Lipinski definition) is 5. The highest BCUT2D eigenvalue weighted by Gasteiger charge is 2.15.